The van der Waals surface area contributed by atoms with Gasteiger partial charge in [-0.25, -0.2) is 0 Å². The average Bonchev–Trinajstić information content (AvgIpc) is 3.16. The van der Waals surface area contributed by atoms with E-state index in [2.05, 4.69) is 5.32 Å². The number of nitrogens with one attached hydrogen (secondary N) is 1. The van der Waals surface area contributed by atoms with Crippen molar-refractivity contribution in [3.63, 3.8) is 0 Å². The average molecular weight is 362 g/mol. The van der Waals surface area contributed by atoms with Crippen LogP contribution in [0, 0.1) is 5.92 Å². The highest BCUT2D eigenvalue weighted by Gasteiger charge is 2.36. The van der Waals surface area contributed by atoms with E-state index < -0.39 is 0 Å². The molecule has 0 radical (unpaired) electrons. The first-order valence-corrected chi connectivity index (χ1v) is 9.38. The summed E-state index contributed by atoms with van der Waals surface area (Å²) in [6, 6.07) is 21.4. The number of para-hydroxylation sites is 1. The quantitative estimate of drug-likeness (QED) is 0.759. The highest BCUT2D eigenvalue weighted by atomic mass is 32.1. The Balaban J connectivity index is 1.42. The van der Waals surface area contributed by atoms with Gasteiger partial charge in [-0.15, -0.1) is 11.3 Å². The molecule has 4 nitrogen and oxygen atoms in total. The van der Waals surface area contributed by atoms with Gasteiger partial charge in [-0.2, -0.15) is 0 Å². The van der Waals surface area contributed by atoms with E-state index >= 15 is 0 Å². The fourth-order valence-electron chi connectivity index (χ4n) is 3.06. The minimum atomic E-state index is -0.164. The molecule has 130 valence electrons. The SMILES string of the molecule is O=C(Nc1ccccc1-c1ccccc1)C1CN(C(=O)c2cccs2)C1. The van der Waals surface area contributed by atoms with Gasteiger partial charge in [0.1, 0.15) is 0 Å². The van der Waals surface area contributed by atoms with Crippen LogP contribution in [-0.4, -0.2) is 29.8 Å². The monoisotopic (exact) mass is 362 g/mol. The Kier molecular flexibility index (Phi) is 4.54. The molecule has 0 spiro atoms. The number of nitrogens with zero attached hydrogens (tertiary/aromatic N) is 1. The summed E-state index contributed by atoms with van der Waals surface area (Å²) in [5.41, 5.74) is 2.85. The molecular formula is C21H18N2O2S. The molecule has 1 fully saturated rings. The number of hydrogen-bond acceptors (Lipinski definition) is 3. The second kappa shape index (κ2) is 7.14. The summed E-state index contributed by atoms with van der Waals surface area (Å²) < 4.78 is 0. The van der Waals surface area contributed by atoms with Crippen LogP contribution in [0.15, 0.2) is 72.1 Å². The van der Waals surface area contributed by atoms with Crippen LogP contribution in [0.25, 0.3) is 11.1 Å². The maximum absolute atomic E-state index is 12.6. The van der Waals surface area contributed by atoms with E-state index in [0.717, 1.165) is 21.7 Å². The second-order valence-electron chi connectivity index (χ2n) is 6.29. The Labute approximate surface area is 156 Å². The van der Waals surface area contributed by atoms with Gasteiger partial charge in [-0.05, 0) is 23.1 Å². The fourth-order valence-corrected chi connectivity index (χ4v) is 3.75. The van der Waals surface area contributed by atoms with E-state index in [9.17, 15) is 9.59 Å². The predicted molar refractivity (Wildman–Crippen MR) is 104 cm³/mol. The van der Waals surface area contributed by atoms with Crippen molar-refractivity contribution in [1.82, 2.24) is 4.90 Å². The normalized spacial score (nSPS) is 13.9. The minimum Gasteiger partial charge on any atom is -0.336 e. The smallest absolute Gasteiger partial charge is 0.263 e. The van der Waals surface area contributed by atoms with Crippen LogP contribution >= 0.6 is 11.3 Å². The molecule has 1 N–H and O–H groups in total. The molecule has 3 aromatic rings. The Hall–Kier alpha value is -2.92. The molecular weight excluding hydrogens is 344 g/mol. The molecule has 1 aromatic heterocycles. The minimum absolute atomic E-state index is 0.00809. The van der Waals surface area contributed by atoms with Crippen LogP contribution in [0.2, 0.25) is 0 Å². The Bertz CT molecular complexity index is 916. The summed E-state index contributed by atoms with van der Waals surface area (Å²) in [7, 11) is 0. The Morgan fingerprint density at radius 1 is 0.923 bits per heavy atom. The molecule has 2 amide bonds. The maximum Gasteiger partial charge on any atom is 0.263 e. The molecule has 26 heavy (non-hydrogen) atoms. The van der Waals surface area contributed by atoms with E-state index in [1.165, 1.54) is 11.3 Å². The van der Waals surface area contributed by atoms with Crippen molar-refractivity contribution < 1.29 is 9.59 Å². The predicted octanol–water partition coefficient (Wildman–Crippen LogP) is 4.13. The molecule has 1 aliphatic heterocycles. The van der Waals surface area contributed by atoms with Crippen LogP contribution in [-0.2, 0) is 4.79 Å². The lowest BCUT2D eigenvalue weighted by Gasteiger charge is -2.38. The van der Waals surface area contributed by atoms with Crippen molar-refractivity contribution in [3.05, 3.63) is 77.0 Å². The third-order valence-corrected chi connectivity index (χ3v) is 5.40. The summed E-state index contributed by atoms with van der Waals surface area (Å²) in [4.78, 5) is 27.3. The number of carbonyl (C=O) groups excluding carboxylic acids is 2. The summed E-state index contributed by atoms with van der Waals surface area (Å²) >= 11 is 1.43. The maximum atomic E-state index is 12.6. The van der Waals surface area contributed by atoms with Crippen molar-refractivity contribution in [3.8, 4) is 11.1 Å². The number of anilines is 1. The van der Waals surface area contributed by atoms with Crippen LogP contribution in [0.5, 0.6) is 0 Å². The number of amides is 2. The molecule has 5 heteroatoms. The number of hydrogen-bond donors (Lipinski definition) is 1. The first kappa shape index (κ1) is 16.5. The Morgan fingerprint density at radius 3 is 2.38 bits per heavy atom. The Morgan fingerprint density at radius 2 is 1.65 bits per heavy atom. The molecule has 2 aromatic carbocycles. The van der Waals surface area contributed by atoms with Gasteiger partial charge in [0.05, 0.1) is 10.8 Å². The molecule has 2 heterocycles. The first-order valence-electron chi connectivity index (χ1n) is 8.50. The number of carbonyl (C=O) groups is 2. The van der Waals surface area contributed by atoms with Gasteiger partial charge in [0.15, 0.2) is 0 Å². The summed E-state index contributed by atoms with van der Waals surface area (Å²) in [6.07, 6.45) is 0. The third-order valence-electron chi connectivity index (χ3n) is 4.54. The van der Waals surface area contributed by atoms with E-state index in [0.29, 0.717) is 13.1 Å². The van der Waals surface area contributed by atoms with Crippen LogP contribution < -0.4 is 5.32 Å². The number of rotatable bonds is 4. The van der Waals surface area contributed by atoms with Crippen LogP contribution in [0.1, 0.15) is 9.67 Å². The standard InChI is InChI=1S/C21H18N2O2S/c24-20(16-13-23(14-16)21(25)19-11-6-12-26-19)22-18-10-5-4-9-17(18)15-7-2-1-3-8-15/h1-12,16H,13-14H2,(H,22,24). The van der Waals surface area contributed by atoms with Gasteiger partial charge in [-0.1, -0.05) is 54.6 Å². The van der Waals surface area contributed by atoms with E-state index in [4.69, 9.17) is 0 Å². The van der Waals surface area contributed by atoms with Crippen molar-refractivity contribution in [2.24, 2.45) is 5.92 Å². The number of benzene rings is 2. The number of thiophene rings is 1. The molecule has 0 bridgehead atoms. The molecule has 0 saturated carbocycles. The zero-order chi connectivity index (χ0) is 17.9. The number of likely N-dealkylation sites (tertiary alicyclic amines) is 1. The van der Waals surface area contributed by atoms with Gasteiger partial charge >= 0.3 is 0 Å². The van der Waals surface area contributed by atoms with Crippen molar-refractivity contribution in [2.75, 3.05) is 18.4 Å². The van der Waals surface area contributed by atoms with Crippen molar-refractivity contribution >= 4 is 28.8 Å². The van der Waals surface area contributed by atoms with E-state index in [1.807, 2.05) is 72.1 Å². The van der Waals surface area contributed by atoms with E-state index in [-0.39, 0.29) is 17.7 Å². The van der Waals surface area contributed by atoms with Crippen molar-refractivity contribution in [2.45, 2.75) is 0 Å². The lowest BCUT2D eigenvalue weighted by Crippen LogP contribution is -2.54. The van der Waals surface area contributed by atoms with Crippen LogP contribution in [0.4, 0.5) is 5.69 Å². The molecule has 0 unspecified atom stereocenters. The largest absolute Gasteiger partial charge is 0.336 e. The highest BCUT2D eigenvalue weighted by Crippen LogP contribution is 2.29. The lowest BCUT2D eigenvalue weighted by atomic mass is 9.97. The lowest BCUT2D eigenvalue weighted by molar-refractivity contribution is -0.123. The third kappa shape index (κ3) is 3.26. The van der Waals surface area contributed by atoms with Gasteiger partial charge in [0.2, 0.25) is 5.91 Å². The van der Waals surface area contributed by atoms with Gasteiger partial charge in [-0.3, -0.25) is 9.59 Å². The summed E-state index contributed by atoms with van der Waals surface area (Å²) in [6.45, 7) is 0.937. The highest BCUT2D eigenvalue weighted by molar-refractivity contribution is 7.12. The van der Waals surface area contributed by atoms with Gasteiger partial charge < -0.3 is 10.2 Å². The fraction of sp³-hybridized carbons (Fsp3) is 0.143. The summed E-state index contributed by atoms with van der Waals surface area (Å²) in [5.74, 6) is -0.194. The molecule has 0 atom stereocenters. The zero-order valence-corrected chi connectivity index (χ0v) is 14.9. The summed E-state index contributed by atoms with van der Waals surface area (Å²) in [5, 5.41) is 4.92. The van der Waals surface area contributed by atoms with Gasteiger partial charge in [0.25, 0.3) is 5.91 Å². The molecule has 4 rings (SSSR count). The van der Waals surface area contributed by atoms with E-state index in [1.54, 1.807) is 4.90 Å². The topological polar surface area (TPSA) is 49.4 Å². The molecule has 1 saturated heterocycles. The van der Waals surface area contributed by atoms with Gasteiger partial charge in [0, 0.05) is 24.3 Å². The first-order chi connectivity index (χ1) is 12.7. The van der Waals surface area contributed by atoms with Crippen molar-refractivity contribution in [1.29, 1.82) is 0 Å². The zero-order valence-electron chi connectivity index (χ0n) is 14.1. The molecule has 0 aliphatic carbocycles. The second-order valence-corrected chi connectivity index (χ2v) is 7.23. The van der Waals surface area contributed by atoms with Crippen LogP contribution in [0.3, 0.4) is 0 Å². The molecule has 1 aliphatic rings.